The highest BCUT2D eigenvalue weighted by Gasteiger charge is 2.16. The van der Waals surface area contributed by atoms with Crippen LogP contribution in [0, 0.1) is 0 Å². The van der Waals surface area contributed by atoms with Gasteiger partial charge in [0, 0.05) is 38.3 Å². The molecule has 0 unspecified atom stereocenters. The fourth-order valence-corrected chi connectivity index (χ4v) is 3.17. The molecule has 138 valence electrons. The lowest BCUT2D eigenvalue weighted by atomic mass is 10.1. The number of nitrogens with zero attached hydrogens (tertiary/aromatic N) is 3. The van der Waals surface area contributed by atoms with E-state index in [1.807, 2.05) is 25.1 Å². The average molecular weight is 353 g/mol. The van der Waals surface area contributed by atoms with Gasteiger partial charge in [0.1, 0.15) is 0 Å². The molecular weight excluding hydrogens is 326 g/mol. The molecule has 0 atom stereocenters. The molecule has 0 radical (unpaired) electrons. The lowest BCUT2D eigenvalue weighted by molar-refractivity contribution is 0.130. The van der Waals surface area contributed by atoms with E-state index in [0.29, 0.717) is 0 Å². The van der Waals surface area contributed by atoms with Gasteiger partial charge in [-0.05, 0) is 30.7 Å². The van der Waals surface area contributed by atoms with Crippen LogP contribution >= 0.6 is 0 Å². The van der Waals surface area contributed by atoms with Gasteiger partial charge < -0.3 is 9.47 Å². The van der Waals surface area contributed by atoms with Crippen LogP contribution in [-0.2, 0) is 6.54 Å². The fourth-order valence-electron chi connectivity index (χ4n) is 3.17. The molecule has 0 N–H and O–H groups in total. The van der Waals surface area contributed by atoms with Gasteiger partial charge in [-0.2, -0.15) is 5.10 Å². The highest BCUT2D eigenvalue weighted by atomic mass is 16.5. The number of ether oxygens (including phenoxy) is 2. The Morgan fingerprint density at radius 3 is 2.27 bits per heavy atom. The first-order valence-electron chi connectivity index (χ1n) is 8.98. The molecule has 1 heterocycles. The van der Waals surface area contributed by atoms with Crippen molar-refractivity contribution in [3.05, 3.63) is 59.7 Å². The molecule has 0 bridgehead atoms. The summed E-state index contributed by atoms with van der Waals surface area (Å²) in [6.07, 6.45) is 0. The molecule has 1 saturated heterocycles. The molecule has 0 spiro atoms. The molecule has 5 nitrogen and oxygen atoms in total. The van der Waals surface area contributed by atoms with Crippen molar-refractivity contribution in [1.82, 2.24) is 9.91 Å². The lowest BCUT2D eigenvalue weighted by Gasteiger charge is -2.33. The normalized spacial score (nSPS) is 15.8. The highest BCUT2D eigenvalue weighted by molar-refractivity contribution is 5.99. The Hall–Kier alpha value is -2.53. The Labute approximate surface area is 155 Å². The van der Waals surface area contributed by atoms with Gasteiger partial charge in [0.2, 0.25) is 0 Å². The van der Waals surface area contributed by atoms with Crippen LogP contribution in [0.4, 0.5) is 0 Å². The minimum atomic E-state index is 0.729. The van der Waals surface area contributed by atoms with Gasteiger partial charge in [-0.1, -0.05) is 30.3 Å². The molecule has 0 aromatic heterocycles. The van der Waals surface area contributed by atoms with Crippen LogP contribution < -0.4 is 9.47 Å². The van der Waals surface area contributed by atoms with Crippen LogP contribution in [0.25, 0.3) is 0 Å². The smallest absolute Gasteiger partial charge is 0.161 e. The van der Waals surface area contributed by atoms with Gasteiger partial charge in [-0.15, -0.1) is 0 Å². The van der Waals surface area contributed by atoms with Crippen molar-refractivity contribution < 1.29 is 9.47 Å². The van der Waals surface area contributed by atoms with Crippen molar-refractivity contribution in [3.63, 3.8) is 0 Å². The van der Waals surface area contributed by atoms with Crippen LogP contribution in [0.5, 0.6) is 11.5 Å². The Morgan fingerprint density at radius 1 is 0.923 bits per heavy atom. The van der Waals surface area contributed by atoms with Crippen molar-refractivity contribution in [3.8, 4) is 11.5 Å². The third-order valence-corrected chi connectivity index (χ3v) is 4.69. The van der Waals surface area contributed by atoms with Crippen molar-refractivity contribution in [1.29, 1.82) is 0 Å². The Kier molecular flexibility index (Phi) is 6.12. The topological polar surface area (TPSA) is 37.3 Å². The summed E-state index contributed by atoms with van der Waals surface area (Å²) in [7, 11) is 3.30. The molecule has 1 fully saturated rings. The summed E-state index contributed by atoms with van der Waals surface area (Å²) in [5.41, 5.74) is 3.41. The molecule has 26 heavy (non-hydrogen) atoms. The summed E-state index contributed by atoms with van der Waals surface area (Å²) in [4.78, 5) is 2.48. The molecule has 2 aromatic carbocycles. The van der Waals surface area contributed by atoms with Gasteiger partial charge in [-0.25, -0.2) is 0 Å². The SMILES string of the molecule is COc1ccc(/C(C)=N\N2CCN(Cc3ccccc3)CC2)cc1OC. The summed E-state index contributed by atoms with van der Waals surface area (Å²) in [6, 6.07) is 16.6. The average Bonchev–Trinajstić information content (AvgIpc) is 2.69. The van der Waals surface area contributed by atoms with E-state index in [0.717, 1.165) is 55.5 Å². The summed E-state index contributed by atoms with van der Waals surface area (Å²) < 4.78 is 10.7. The van der Waals surface area contributed by atoms with E-state index in [1.54, 1.807) is 14.2 Å². The molecular formula is C21H27N3O2. The minimum Gasteiger partial charge on any atom is -0.493 e. The first-order valence-corrected chi connectivity index (χ1v) is 8.98. The second kappa shape index (κ2) is 8.72. The predicted octanol–water partition coefficient (Wildman–Crippen LogP) is 3.25. The Morgan fingerprint density at radius 2 is 1.62 bits per heavy atom. The number of hydrazone groups is 1. The number of benzene rings is 2. The van der Waals surface area contributed by atoms with E-state index in [9.17, 15) is 0 Å². The molecule has 1 aliphatic heterocycles. The predicted molar refractivity (Wildman–Crippen MR) is 105 cm³/mol. The van der Waals surface area contributed by atoms with Gasteiger partial charge in [0.05, 0.1) is 19.9 Å². The van der Waals surface area contributed by atoms with Crippen LogP contribution in [0.15, 0.2) is 53.6 Å². The Bertz CT molecular complexity index is 738. The maximum absolute atomic E-state index is 5.39. The van der Waals surface area contributed by atoms with E-state index < -0.39 is 0 Å². The van der Waals surface area contributed by atoms with E-state index >= 15 is 0 Å². The number of rotatable bonds is 6. The molecule has 3 rings (SSSR count). The number of methoxy groups -OCH3 is 2. The number of hydrogen-bond donors (Lipinski definition) is 0. The van der Waals surface area contributed by atoms with Crippen molar-refractivity contribution >= 4 is 5.71 Å². The molecule has 0 amide bonds. The summed E-state index contributed by atoms with van der Waals surface area (Å²) in [6.45, 7) is 6.98. The third-order valence-electron chi connectivity index (χ3n) is 4.69. The number of piperazine rings is 1. The third kappa shape index (κ3) is 4.55. The van der Waals surface area contributed by atoms with Gasteiger partial charge in [0.25, 0.3) is 0 Å². The Balaban J connectivity index is 1.59. The summed E-state index contributed by atoms with van der Waals surface area (Å²) in [5, 5.41) is 6.97. The zero-order chi connectivity index (χ0) is 18.4. The van der Waals surface area contributed by atoms with Gasteiger partial charge >= 0.3 is 0 Å². The quantitative estimate of drug-likeness (QED) is 0.747. The second-order valence-corrected chi connectivity index (χ2v) is 6.47. The monoisotopic (exact) mass is 353 g/mol. The minimum absolute atomic E-state index is 0.729. The van der Waals surface area contributed by atoms with E-state index in [2.05, 4.69) is 40.2 Å². The summed E-state index contributed by atoms with van der Waals surface area (Å²) >= 11 is 0. The molecule has 2 aromatic rings. The highest BCUT2D eigenvalue weighted by Crippen LogP contribution is 2.27. The van der Waals surface area contributed by atoms with Gasteiger partial charge in [0.15, 0.2) is 11.5 Å². The van der Waals surface area contributed by atoms with Crippen molar-refractivity contribution in [2.75, 3.05) is 40.4 Å². The fraction of sp³-hybridized carbons (Fsp3) is 0.381. The summed E-state index contributed by atoms with van der Waals surface area (Å²) in [5.74, 6) is 1.46. The number of hydrogen-bond acceptors (Lipinski definition) is 5. The van der Waals surface area contributed by atoms with E-state index in [-0.39, 0.29) is 0 Å². The zero-order valence-electron chi connectivity index (χ0n) is 15.8. The molecule has 0 saturated carbocycles. The van der Waals surface area contributed by atoms with Crippen LogP contribution in [0.2, 0.25) is 0 Å². The van der Waals surface area contributed by atoms with Crippen LogP contribution in [0.1, 0.15) is 18.1 Å². The zero-order valence-corrected chi connectivity index (χ0v) is 15.8. The van der Waals surface area contributed by atoms with Crippen LogP contribution in [0.3, 0.4) is 0 Å². The molecule has 5 heteroatoms. The molecule has 0 aliphatic carbocycles. The maximum Gasteiger partial charge on any atom is 0.161 e. The van der Waals surface area contributed by atoms with Crippen LogP contribution in [-0.4, -0.2) is 56.0 Å². The largest absolute Gasteiger partial charge is 0.493 e. The van der Waals surface area contributed by atoms with Crippen molar-refractivity contribution in [2.45, 2.75) is 13.5 Å². The lowest BCUT2D eigenvalue weighted by Crippen LogP contribution is -2.43. The maximum atomic E-state index is 5.39. The van der Waals surface area contributed by atoms with Gasteiger partial charge in [-0.3, -0.25) is 9.91 Å². The second-order valence-electron chi connectivity index (χ2n) is 6.47. The van der Waals surface area contributed by atoms with E-state index in [4.69, 9.17) is 14.6 Å². The molecule has 1 aliphatic rings. The van der Waals surface area contributed by atoms with E-state index in [1.165, 1.54) is 5.56 Å². The standard InChI is InChI=1S/C21H27N3O2/c1-17(19-9-10-20(25-2)21(15-19)26-3)22-24-13-11-23(12-14-24)16-18-7-5-4-6-8-18/h4-10,15H,11-14,16H2,1-3H3/b22-17-. The first-order chi connectivity index (χ1) is 12.7. The van der Waals surface area contributed by atoms with Crippen molar-refractivity contribution in [2.24, 2.45) is 5.10 Å². The first kappa shape index (κ1) is 18.3.